The molecule has 5 rings (SSSR count). The fraction of sp³-hybridized carbons (Fsp3) is 0.158. The number of halogens is 2. The number of nitrogens with one attached hydrogen (secondary N) is 1. The van der Waals surface area contributed by atoms with Gasteiger partial charge >= 0.3 is 0 Å². The Kier molecular flexibility index (Phi) is 4.25. The van der Waals surface area contributed by atoms with Crippen LogP contribution < -0.4 is 5.32 Å². The number of nitrogens with zero attached hydrogens (tertiary/aromatic N) is 1. The van der Waals surface area contributed by atoms with Crippen LogP contribution in [0.25, 0.3) is 21.9 Å². The van der Waals surface area contributed by atoms with Gasteiger partial charge < -0.3 is 9.73 Å². The molecule has 140 valence electrons. The zero-order valence-electron chi connectivity index (χ0n) is 14.1. The number of hydrogen-bond donors (Lipinski definition) is 1. The lowest BCUT2D eigenvalue weighted by atomic mass is 10.1. The van der Waals surface area contributed by atoms with Crippen LogP contribution >= 0.6 is 12.4 Å². The van der Waals surface area contributed by atoms with E-state index in [1.165, 1.54) is 24.4 Å². The molecule has 27 heavy (non-hydrogen) atoms. The third-order valence-electron chi connectivity index (χ3n) is 4.85. The summed E-state index contributed by atoms with van der Waals surface area (Å²) in [6.45, 7) is 1.50. The van der Waals surface area contributed by atoms with Gasteiger partial charge in [-0.05, 0) is 42.5 Å². The highest BCUT2D eigenvalue weighted by molar-refractivity contribution is 7.90. The second-order valence-electron chi connectivity index (χ2n) is 6.41. The van der Waals surface area contributed by atoms with Crippen molar-refractivity contribution < 1.29 is 17.2 Å². The SMILES string of the molecule is Cl.O=S(=O)(c1ccc2oc3c(c2c1)CNCC3)n1ccc2ccc(F)cc21. The van der Waals surface area contributed by atoms with Crippen LogP contribution in [0.4, 0.5) is 4.39 Å². The Morgan fingerprint density at radius 2 is 1.96 bits per heavy atom. The van der Waals surface area contributed by atoms with E-state index in [0.29, 0.717) is 23.0 Å². The van der Waals surface area contributed by atoms with Gasteiger partial charge in [-0.15, -0.1) is 12.4 Å². The average Bonchev–Trinajstić information content (AvgIpc) is 3.22. The molecule has 0 aliphatic carbocycles. The Balaban J connectivity index is 0.00000180. The summed E-state index contributed by atoms with van der Waals surface area (Å²) in [6.07, 6.45) is 2.24. The maximum Gasteiger partial charge on any atom is 0.268 e. The number of fused-ring (bicyclic) bond motifs is 4. The minimum Gasteiger partial charge on any atom is -0.461 e. The van der Waals surface area contributed by atoms with E-state index in [0.717, 1.165) is 33.6 Å². The van der Waals surface area contributed by atoms with E-state index in [2.05, 4.69) is 5.32 Å². The number of aromatic nitrogens is 1. The molecule has 2 aromatic carbocycles. The van der Waals surface area contributed by atoms with Crippen molar-refractivity contribution in [3.05, 3.63) is 65.8 Å². The Labute approximate surface area is 161 Å². The van der Waals surface area contributed by atoms with Crippen molar-refractivity contribution in [3.63, 3.8) is 0 Å². The van der Waals surface area contributed by atoms with E-state index in [4.69, 9.17) is 4.42 Å². The highest BCUT2D eigenvalue weighted by Gasteiger charge is 2.23. The summed E-state index contributed by atoms with van der Waals surface area (Å²) in [5, 5.41) is 4.75. The summed E-state index contributed by atoms with van der Waals surface area (Å²) in [7, 11) is -3.85. The highest BCUT2D eigenvalue weighted by Crippen LogP contribution is 2.31. The third-order valence-corrected chi connectivity index (χ3v) is 6.54. The molecule has 0 unspecified atom stereocenters. The van der Waals surface area contributed by atoms with Crippen LogP contribution in [0.1, 0.15) is 11.3 Å². The lowest BCUT2D eigenvalue weighted by Crippen LogP contribution is -2.22. The Morgan fingerprint density at radius 1 is 1.11 bits per heavy atom. The van der Waals surface area contributed by atoms with Crippen LogP contribution in [0.5, 0.6) is 0 Å². The van der Waals surface area contributed by atoms with Crippen molar-refractivity contribution in [2.24, 2.45) is 0 Å². The molecular weight excluding hydrogens is 391 g/mol. The average molecular weight is 407 g/mol. The van der Waals surface area contributed by atoms with E-state index in [1.807, 2.05) is 0 Å². The van der Waals surface area contributed by atoms with Crippen molar-refractivity contribution in [1.82, 2.24) is 9.29 Å². The number of rotatable bonds is 2. The van der Waals surface area contributed by atoms with Crippen LogP contribution in [-0.4, -0.2) is 18.9 Å². The molecule has 1 aliphatic heterocycles. The van der Waals surface area contributed by atoms with Crippen molar-refractivity contribution in [1.29, 1.82) is 0 Å². The summed E-state index contributed by atoms with van der Waals surface area (Å²) >= 11 is 0. The molecular formula is C19H16ClFN2O3S. The normalized spacial score (nSPS) is 14.3. The number of hydrogen-bond acceptors (Lipinski definition) is 4. The Morgan fingerprint density at radius 3 is 2.81 bits per heavy atom. The Hall–Kier alpha value is -2.35. The lowest BCUT2D eigenvalue weighted by Gasteiger charge is -2.11. The first kappa shape index (κ1) is 18.0. The molecule has 4 aromatic rings. The summed E-state index contributed by atoms with van der Waals surface area (Å²) < 4.78 is 46.9. The maximum absolute atomic E-state index is 13.6. The largest absolute Gasteiger partial charge is 0.461 e. The van der Waals surface area contributed by atoms with Gasteiger partial charge in [-0.25, -0.2) is 16.8 Å². The van der Waals surface area contributed by atoms with E-state index < -0.39 is 15.8 Å². The molecule has 1 N–H and O–H groups in total. The van der Waals surface area contributed by atoms with E-state index in [-0.39, 0.29) is 17.3 Å². The monoisotopic (exact) mass is 406 g/mol. The van der Waals surface area contributed by atoms with Crippen LogP contribution in [0.2, 0.25) is 0 Å². The summed E-state index contributed by atoms with van der Waals surface area (Å²) in [4.78, 5) is 0.154. The van der Waals surface area contributed by atoms with Gasteiger partial charge in [0, 0.05) is 42.0 Å². The van der Waals surface area contributed by atoms with Gasteiger partial charge in [0.1, 0.15) is 17.2 Å². The van der Waals surface area contributed by atoms with Gasteiger partial charge in [-0.3, -0.25) is 0 Å². The van der Waals surface area contributed by atoms with Crippen LogP contribution in [0.3, 0.4) is 0 Å². The first-order chi connectivity index (χ1) is 12.5. The maximum atomic E-state index is 13.6. The fourth-order valence-electron chi connectivity index (χ4n) is 3.55. The molecule has 0 fully saturated rings. The molecule has 0 saturated carbocycles. The van der Waals surface area contributed by atoms with Gasteiger partial charge in [0.05, 0.1) is 10.4 Å². The highest BCUT2D eigenvalue weighted by atomic mass is 35.5. The van der Waals surface area contributed by atoms with Gasteiger partial charge in [0.2, 0.25) is 0 Å². The predicted octanol–water partition coefficient (Wildman–Crippen LogP) is 3.83. The van der Waals surface area contributed by atoms with Crippen molar-refractivity contribution in [2.75, 3.05) is 6.54 Å². The number of furan rings is 1. The van der Waals surface area contributed by atoms with E-state index in [1.54, 1.807) is 24.3 Å². The first-order valence-electron chi connectivity index (χ1n) is 8.31. The zero-order chi connectivity index (χ0) is 17.9. The van der Waals surface area contributed by atoms with Crippen molar-refractivity contribution in [2.45, 2.75) is 17.9 Å². The van der Waals surface area contributed by atoms with Crippen LogP contribution in [0.15, 0.2) is 58.0 Å². The standard InChI is InChI=1S/C19H15FN2O3S.ClH/c20-13-2-1-12-6-8-22(17(12)9-13)26(23,24)14-3-4-18-15(10-14)16-11-21-7-5-19(16)25-18;/h1-4,6,8-10,21H,5,7,11H2;1H. The first-order valence-corrected chi connectivity index (χ1v) is 9.75. The van der Waals surface area contributed by atoms with Crippen LogP contribution in [0, 0.1) is 5.82 Å². The van der Waals surface area contributed by atoms with Crippen molar-refractivity contribution >= 4 is 44.3 Å². The molecule has 0 spiro atoms. The molecule has 5 nitrogen and oxygen atoms in total. The minimum absolute atomic E-state index is 0. The second-order valence-corrected chi connectivity index (χ2v) is 8.22. The topological polar surface area (TPSA) is 64.2 Å². The fourth-order valence-corrected chi connectivity index (χ4v) is 4.92. The van der Waals surface area contributed by atoms with Crippen LogP contribution in [-0.2, 0) is 23.0 Å². The molecule has 0 bridgehead atoms. The van der Waals surface area contributed by atoms with Gasteiger partial charge in [0.25, 0.3) is 10.0 Å². The molecule has 0 saturated heterocycles. The lowest BCUT2D eigenvalue weighted by molar-refractivity contribution is 0.500. The quantitative estimate of drug-likeness (QED) is 0.549. The third kappa shape index (κ3) is 2.74. The summed E-state index contributed by atoms with van der Waals surface area (Å²) in [6, 6.07) is 10.6. The molecule has 1 aliphatic rings. The van der Waals surface area contributed by atoms with Gasteiger partial charge in [-0.1, -0.05) is 0 Å². The van der Waals surface area contributed by atoms with E-state index >= 15 is 0 Å². The smallest absolute Gasteiger partial charge is 0.268 e. The molecule has 0 radical (unpaired) electrons. The summed E-state index contributed by atoms with van der Waals surface area (Å²) in [5.74, 6) is 0.430. The molecule has 0 amide bonds. The number of benzene rings is 2. The second kappa shape index (κ2) is 6.37. The van der Waals surface area contributed by atoms with Gasteiger partial charge in [-0.2, -0.15) is 0 Å². The Bertz CT molecular complexity index is 1280. The molecule has 8 heteroatoms. The van der Waals surface area contributed by atoms with Gasteiger partial charge in [0.15, 0.2) is 0 Å². The zero-order valence-corrected chi connectivity index (χ0v) is 15.7. The molecule has 2 aromatic heterocycles. The molecule has 0 atom stereocenters. The molecule has 3 heterocycles. The summed E-state index contributed by atoms with van der Waals surface area (Å²) in [5.41, 5.74) is 2.01. The van der Waals surface area contributed by atoms with Crippen molar-refractivity contribution in [3.8, 4) is 0 Å². The minimum atomic E-state index is -3.85. The van der Waals surface area contributed by atoms with E-state index in [9.17, 15) is 12.8 Å². The predicted molar refractivity (Wildman–Crippen MR) is 103 cm³/mol.